The van der Waals surface area contributed by atoms with Crippen LogP contribution in [0.5, 0.6) is 0 Å². The molecule has 2 atom stereocenters. The Morgan fingerprint density at radius 1 is 1.53 bits per heavy atom. The molecule has 1 fully saturated rings. The first-order valence-electron chi connectivity index (χ1n) is 6.07. The van der Waals surface area contributed by atoms with Gasteiger partial charge in [0.15, 0.2) is 0 Å². The molecule has 0 aromatic carbocycles. The molecule has 0 aliphatic carbocycles. The van der Waals surface area contributed by atoms with Crippen molar-refractivity contribution in [1.82, 2.24) is 14.7 Å². The molecule has 1 aliphatic rings. The van der Waals surface area contributed by atoms with E-state index in [9.17, 15) is 5.11 Å². The maximum Gasteiger partial charge on any atom is 0.0860 e. The topological polar surface area (TPSA) is 41.3 Å². The van der Waals surface area contributed by atoms with E-state index in [1.807, 2.05) is 18.7 Å². The van der Waals surface area contributed by atoms with E-state index >= 15 is 0 Å². The number of piperidine rings is 1. The molecule has 2 unspecified atom stereocenters. The second kappa shape index (κ2) is 4.96. The highest BCUT2D eigenvalue weighted by atomic mass is 35.5. The van der Waals surface area contributed by atoms with E-state index in [1.54, 1.807) is 0 Å². The van der Waals surface area contributed by atoms with Gasteiger partial charge in [-0.05, 0) is 19.3 Å². The number of nitrogens with zero attached hydrogens (tertiary/aromatic N) is 3. The summed E-state index contributed by atoms with van der Waals surface area (Å²) >= 11 is 6.24. The summed E-state index contributed by atoms with van der Waals surface area (Å²) < 4.78 is 1.85. The summed E-state index contributed by atoms with van der Waals surface area (Å²) in [5.41, 5.74) is 1.95. The van der Waals surface area contributed by atoms with Crippen LogP contribution in [-0.2, 0) is 13.6 Å². The van der Waals surface area contributed by atoms with E-state index < -0.39 is 0 Å². The quantitative estimate of drug-likeness (QED) is 0.875. The summed E-state index contributed by atoms with van der Waals surface area (Å²) in [6.07, 6.45) is 0.685. The van der Waals surface area contributed by atoms with Gasteiger partial charge in [0, 0.05) is 26.7 Å². The highest BCUT2D eigenvalue weighted by Gasteiger charge is 2.25. The molecule has 0 amide bonds. The van der Waals surface area contributed by atoms with Crippen molar-refractivity contribution < 1.29 is 5.11 Å². The Kier molecular flexibility index (Phi) is 3.76. The van der Waals surface area contributed by atoms with Crippen LogP contribution < -0.4 is 0 Å². The molecule has 4 nitrogen and oxygen atoms in total. The first-order chi connectivity index (χ1) is 7.99. The van der Waals surface area contributed by atoms with Gasteiger partial charge in [-0.2, -0.15) is 5.10 Å². The van der Waals surface area contributed by atoms with Crippen molar-refractivity contribution in [3.8, 4) is 0 Å². The highest BCUT2D eigenvalue weighted by molar-refractivity contribution is 6.31. The lowest BCUT2D eigenvalue weighted by Crippen LogP contribution is -2.41. The second-order valence-electron chi connectivity index (χ2n) is 5.04. The van der Waals surface area contributed by atoms with Crippen molar-refractivity contribution in [1.29, 1.82) is 0 Å². The SMILES string of the molecule is Cc1nn(C)c(CN2CCC(O)C(C)C2)c1Cl. The van der Waals surface area contributed by atoms with Crippen molar-refractivity contribution in [2.75, 3.05) is 13.1 Å². The van der Waals surface area contributed by atoms with E-state index in [2.05, 4.69) is 16.9 Å². The number of aromatic nitrogens is 2. The largest absolute Gasteiger partial charge is 0.393 e. The fourth-order valence-electron chi connectivity index (χ4n) is 2.43. The first kappa shape index (κ1) is 12.9. The first-order valence-corrected chi connectivity index (χ1v) is 6.45. The molecule has 1 aliphatic heterocycles. The van der Waals surface area contributed by atoms with Gasteiger partial charge in [0.1, 0.15) is 0 Å². The minimum atomic E-state index is -0.157. The smallest absolute Gasteiger partial charge is 0.0860 e. The number of halogens is 1. The summed E-state index contributed by atoms with van der Waals surface area (Å²) in [5.74, 6) is 0.330. The molecule has 1 aromatic heterocycles. The summed E-state index contributed by atoms with van der Waals surface area (Å²) in [5, 5.41) is 14.8. The van der Waals surface area contributed by atoms with E-state index in [0.717, 1.165) is 42.5 Å². The third-order valence-electron chi connectivity index (χ3n) is 3.58. The molecule has 0 spiro atoms. The normalized spacial score (nSPS) is 26.4. The molecule has 0 bridgehead atoms. The molecule has 0 saturated carbocycles. The maximum absolute atomic E-state index is 9.70. The number of rotatable bonds is 2. The van der Waals surface area contributed by atoms with E-state index in [4.69, 9.17) is 11.6 Å². The van der Waals surface area contributed by atoms with Crippen LogP contribution >= 0.6 is 11.6 Å². The Labute approximate surface area is 107 Å². The van der Waals surface area contributed by atoms with Crippen LogP contribution in [0.3, 0.4) is 0 Å². The third-order valence-corrected chi connectivity index (χ3v) is 4.07. The zero-order valence-corrected chi connectivity index (χ0v) is 11.4. The molecule has 1 saturated heterocycles. The number of hydrogen-bond donors (Lipinski definition) is 1. The van der Waals surface area contributed by atoms with Crippen LogP contribution in [0.2, 0.25) is 5.02 Å². The third kappa shape index (κ3) is 2.64. The van der Waals surface area contributed by atoms with E-state index in [-0.39, 0.29) is 6.10 Å². The van der Waals surface area contributed by atoms with Crippen LogP contribution in [0.25, 0.3) is 0 Å². The molecular weight excluding hydrogens is 238 g/mol. The highest BCUT2D eigenvalue weighted by Crippen LogP contribution is 2.24. The molecule has 5 heteroatoms. The predicted octanol–water partition coefficient (Wildman–Crippen LogP) is 1.58. The lowest BCUT2D eigenvalue weighted by Gasteiger charge is -2.34. The van der Waals surface area contributed by atoms with Crippen molar-refractivity contribution in [3.63, 3.8) is 0 Å². The molecule has 17 heavy (non-hydrogen) atoms. The Bertz CT molecular complexity index is 405. The Morgan fingerprint density at radius 2 is 2.24 bits per heavy atom. The van der Waals surface area contributed by atoms with Gasteiger partial charge >= 0.3 is 0 Å². The summed E-state index contributed by atoms with van der Waals surface area (Å²) in [6, 6.07) is 0. The van der Waals surface area contributed by atoms with E-state index in [1.165, 1.54) is 0 Å². The number of aliphatic hydroxyl groups is 1. The lowest BCUT2D eigenvalue weighted by atomic mass is 9.97. The minimum absolute atomic E-state index is 0.157. The zero-order chi connectivity index (χ0) is 12.6. The van der Waals surface area contributed by atoms with Crippen LogP contribution in [0, 0.1) is 12.8 Å². The van der Waals surface area contributed by atoms with Gasteiger partial charge in [-0.1, -0.05) is 18.5 Å². The monoisotopic (exact) mass is 257 g/mol. The van der Waals surface area contributed by atoms with Crippen LogP contribution in [-0.4, -0.2) is 39.0 Å². The van der Waals surface area contributed by atoms with Crippen molar-refractivity contribution in [2.24, 2.45) is 13.0 Å². The van der Waals surface area contributed by atoms with Crippen molar-refractivity contribution in [3.05, 3.63) is 16.4 Å². The van der Waals surface area contributed by atoms with Crippen LogP contribution in [0.1, 0.15) is 24.7 Å². The fraction of sp³-hybridized carbons (Fsp3) is 0.750. The molecular formula is C12H20ClN3O. The Balaban J connectivity index is 2.06. The molecule has 1 aromatic rings. The molecule has 96 valence electrons. The van der Waals surface area contributed by atoms with Gasteiger partial charge in [-0.15, -0.1) is 0 Å². The van der Waals surface area contributed by atoms with Gasteiger partial charge in [-0.3, -0.25) is 9.58 Å². The summed E-state index contributed by atoms with van der Waals surface area (Å²) in [6.45, 7) is 6.67. The summed E-state index contributed by atoms with van der Waals surface area (Å²) in [7, 11) is 1.93. The number of aryl methyl sites for hydroxylation is 2. The van der Waals surface area contributed by atoms with Gasteiger partial charge in [0.25, 0.3) is 0 Å². The van der Waals surface area contributed by atoms with Gasteiger partial charge < -0.3 is 5.11 Å². The Hall–Kier alpha value is -0.580. The van der Waals surface area contributed by atoms with Crippen LogP contribution in [0.15, 0.2) is 0 Å². The fourth-order valence-corrected chi connectivity index (χ4v) is 2.65. The predicted molar refractivity (Wildman–Crippen MR) is 68.0 cm³/mol. The number of hydrogen-bond acceptors (Lipinski definition) is 3. The maximum atomic E-state index is 9.70. The molecule has 2 heterocycles. The average molecular weight is 258 g/mol. The second-order valence-corrected chi connectivity index (χ2v) is 5.42. The number of aliphatic hydroxyl groups excluding tert-OH is 1. The summed E-state index contributed by atoms with van der Waals surface area (Å²) in [4.78, 5) is 2.33. The molecule has 1 N–H and O–H groups in total. The van der Waals surface area contributed by atoms with Gasteiger partial charge in [0.05, 0.1) is 22.5 Å². The van der Waals surface area contributed by atoms with Crippen molar-refractivity contribution >= 4 is 11.6 Å². The molecule has 2 rings (SSSR count). The zero-order valence-electron chi connectivity index (χ0n) is 10.6. The standard InChI is InChI=1S/C12H20ClN3O/c1-8-6-16(5-4-11(8)17)7-10-12(13)9(2)14-15(10)3/h8,11,17H,4-7H2,1-3H3. The van der Waals surface area contributed by atoms with E-state index in [0.29, 0.717) is 5.92 Å². The van der Waals surface area contributed by atoms with Crippen LogP contribution in [0.4, 0.5) is 0 Å². The number of likely N-dealkylation sites (tertiary alicyclic amines) is 1. The molecule has 0 radical (unpaired) electrons. The minimum Gasteiger partial charge on any atom is -0.393 e. The average Bonchev–Trinajstić information content (AvgIpc) is 2.50. The Morgan fingerprint density at radius 3 is 2.76 bits per heavy atom. The lowest BCUT2D eigenvalue weighted by molar-refractivity contribution is 0.0312. The van der Waals surface area contributed by atoms with Gasteiger partial charge in [-0.25, -0.2) is 0 Å². The van der Waals surface area contributed by atoms with Crippen molar-refractivity contribution in [2.45, 2.75) is 32.9 Å². The van der Waals surface area contributed by atoms with Gasteiger partial charge in [0.2, 0.25) is 0 Å².